The minimum Gasteiger partial charge on any atom is -0.256 e. The van der Waals surface area contributed by atoms with Crippen molar-refractivity contribution in [2.75, 3.05) is 6.54 Å². The van der Waals surface area contributed by atoms with Crippen molar-refractivity contribution >= 4 is 10.0 Å². The molecule has 4 rings (SSSR count). The molecule has 3 aromatic rings. The molecule has 1 aliphatic rings. The second-order valence-corrected chi connectivity index (χ2v) is 8.98. The molecule has 0 amide bonds. The Hall–Kier alpha value is -2.64. The highest BCUT2D eigenvalue weighted by molar-refractivity contribution is 7.89. The zero-order valence-corrected chi connectivity index (χ0v) is 16.4. The zero-order valence-electron chi connectivity index (χ0n) is 15.6. The van der Waals surface area contributed by atoms with Gasteiger partial charge in [-0.2, -0.15) is 4.31 Å². The molecule has 0 spiro atoms. The van der Waals surface area contributed by atoms with E-state index in [1.807, 2.05) is 18.2 Å². The van der Waals surface area contributed by atoms with Crippen molar-refractivity contribution < 1.29 is 17.2 Å². The van der Waals surface area contributed by atoms with Gasteiger partial charge in [-0.3, -0.25) is 4.98 Å². The van der Waals surface area contributed by atoms with Crippen LogP contribution in [0, 0.1) is 11.6 Å². The maximum Gasteiger partial charge on any atom is 0.243 e. The molecule has 0 aliphatic carbocycles. The molecule has 1 saturated heterocycles. The third-order valence-corrected chi connectivity index (χ3v) is 7.01. The lowest BCUT2D eigenvalue weighted by Crippen LogP contribution is -2.31. The number of sulfonamides is 1. The summed E-state index contributed by atoms with van der Waals surface area (Å²) < 4.78 is 53.9. The Labute approximate surface area is 168 Å². The molecule has 1 aromatic heterocycles. The summed E-state index contributed by atoms with van der Waals surface area (Å²) in [4.78, 5) is 4.76. The van der Waals surface area contributed by atoms with Crippen molar-refractivity contribution in [3.8, 4) is 0 Å². The fourth-order valence-electron chi connectivity index (χ4n) is 3.66. The molecule has 0 saturated carbocycles. The van der Waals surface area contributed by atoms with Crippen LogP contribution >= 0.6 is 0 Å². The van der Waals surface area contributed by atoms with Crippen LogP contribution in [0.5, 0.6) is 0 Å². The molecule has 0 radical (unpaired) electrons. The van der Waals surface area contributed by atoms with Crippen LogP contribution in [-0.2, 0) is 16.4 Å². The summed E-state index contributed by atoms with van der Waals surface area (Å²) in [5.41, 5.74) is 2.41. The van der Waals surface area contributed by atoms with E-state index < -0.39 is 15.8 Å². The molecule has 29 heavy (non-hydrogen) atoms. The maximum absolute atomic E-state index is 13.2. The van der Waals surface area contributed by atoms with Gasteiger partial charge in [0.15, 0.2) is 0 Å². The highest BCUT2D eigenvalue weighted by Gasteiger charge is 2.37. The number of halogens is 2. The quantitative estimate of drug-likeness (QED) is 0.619. The van der Waals surface area contributed by atoms with Crippen LogP contribution in [-0.4, -0.2) is 24.3 Å². The summed E-state index contributed by atoms with van der Waals surface area (Å²) in [6.07, 6.45) is 1.94. The fraction of sp³-hybridized carbons (Fsp3) is 0.227. The van der Waals surface area contributed by atoms with Crippen LogP contribution in [0.4, 0.5) is 8.78 Å². The van der Waals surface area contributed by atoms with Crippen LogP contribution in [0.25, 0.3) is 0 Å². The van der Waals surface area contributed by atoms with Crippen molar-refractivity contribution in [2.24, 2.45) is 0 Å². The van der Waals surface area contributed by atoms with Crippen LogP contribution in [0.1, 0.15) is 35.8 Å². The normalized spacial score (nSPS) is 17.5. The largest absolute Gasteiger partial charge is 0.256 e. The minimum atomic E-state index is -3.74. The first-order chi connectivity index (χ1) is 13.9. The minimum absolute atomic E-state index is 0.0771. The fourth-order valence-corrected chi connectivity index (χ4v) is 5.33. The summed E-state index contributed by atoms with van der Waals surface area (Å²) >= 11 is 0. The SMILES string of the molecule is O=S(=O)(c1ccc(F)cc1)N1CCC[C@H]1c1cccc(Cc2ccc(F)cc2)n1. The highest BCUT2D eigenvalue weighted by Crippen LogP contribution is 2.35. The molecule has 2 aromatic carbocycles. The molecular weight excluding hydrogens is 394 g/mol. The Bertz CT molecular complexity index is 1100. The lowest BCUT2D eigenvalue weighted by Gasteiger charge is -2.24. The molecule has 1 fully saturated rings. The third kappa shape index (κ3) is 4.21. The van der Waals surface area contributed by atoms with Gasteiger partial charge in [-0.15, -0.1) is 0 Å². The molecule has 150 valence electrons. The average Bonchev–Trinajstić information content (AvgIpc) is 3.21. The van der Waals surface area contributed by atoms with E-state index in [1.54, 1.807) is 12.1 Å². The van der Waals surface area contributed by atoms with Crippen molar-refractivity contribution in [1.29, 1.82) is 0 Å². The molecule has 7 heteroatoms. The van der Waals surface area contributed by atoms with Gasteiger partial charge >= 0.3 is 0 Å². The van der Waals surface area contributed by atoms with Crippen molar-refractivity contribution in [3.05, 3.63) is 95.3 Å². The van der Waals surface area contributed by atoms with Gasteiger partial charge in [-0.1, -0.05) is 18.2 Å². The van der Waals surface area contributed by atoms with Crippen LogP contribution < -0.4 is 0 Å². The predicted octanol–water partition coefficient (Wildman–Crippen LogP) is 4.48. The van der Waals surface area contributed by atoms with E-state index in [0.29, 0.717) is 25.1 Å². The number of aromatic nitrogens is 1. The van der Waals surface area contributed by atoms with Gasteiger partial charge in [-0.25, -0.2) is 17.2 Å². The first-order valence-corrected chi connectivity index (χ1v) is 10.9. The van der Waals surface area contributed by atoms with E-state index in [1.165, 1.54) is 28.6 Å². The Morgan fingerprint density at radius 3 is 2.28 bits per heavy atom. The van der Waals surface area contributed by atoms with E-state index in [4.69, 9.17) is 0 Å². The molecular formula is C22H20F2N2O2S. The number of benzene rings is 2. The Morgan fingerprint density at radius 1 is 0.931 bits per heavy atom. The van der Waals surface area contributed by atoms with Crippen molar-refractivity contribution in [1.82, 2.24) is 9.29 Å². The second kappa shape index (κ2) is 8.00. The topological polar surface area (TPSA) is 50.3 Å². The van der Waals surface area contributed by atoms with Gasteiger partial charge in [0.25, 0.3) is 0 Å². The van der Waals surface area contributed by atoms with E-state index >= 15 is 0 Å². The number of hydrogen-bond donors (Lipinski definition) is 0. The maximum atomic E-state index is 13.2. The Kier molecular flexibility index (Phi) is 5.43. The summed E-state index contributed by atoms with van der Waals surface area (Å²) in [6.45, 7) is 0.397. The Balaban J connectivity index is 1.60. The molecule has 1 aliphatic heterocycles. The zero-order chi connectivity index (χ0) is 20.4. The summed E-state index contributed by atoms with van der Waals surface area (Å²) in [6, 6.07) is 16.3. The first-order valence-electron chi connectivity index (χ1n) is 9.41. The molecule has 0 bridgehead atoms. The monoisotopic (exact) mass is 414 g/mol. The number of nitrogens with zero attached hydrogens (tertiary/aromatic N) is 2. The van der Waals surface area contributed by atoms with E-state index in [-0.39, 0.29) is 16.8 Å². The first kappa shape index (κ1) is 19.7. The standard InChI is InChI=1S/C22H20F2N2O2S/c23-17-8-6-16(7-9-17)15-19-3-1-4-21(25-19)22-5-2-14-26(22)29(27,28)20-12-10-18(24)11-13-20/h1,3-4,6-13,22H,2,5,14-15H2/t22-/m0/s1. The molecule has 0 unspecified atom stereocenters. The van der Waals surface area contributed by atoms with Gasteiger partial charge in [0.1, 0.15) is 11.6 Å². The van der Waals surface area contributed by atoms with Gasteiger partial charge in [0, 0.05) is 18.7 Å². The molecule has 1 atom stereocenters. The lowest BCUT2D eigenvalue weighted by atomic mass is 10.1. The molecule has 0 N–H and O–H groups in total. The smallest absolute Gasteiger partial charge is 0.243 e. The highest BCUT2D eigenvalue weighted by atomic mass is 32.2. The van der Waals surface area contributed by atoms with Gasteiger partial charge < -0.3 is 0 Å². The van der Waals surface area contributed by atoms with Crippen LogP contribution in [0.2, 0.25) is 0 Å². The lowest BCUT2D eigenvalue weighted by molar-refractivity contribution is 0.390. The van der Waals surface area contributed by atoms with Gasteiger partial charge in [0.2, 0.25) is 10.0 Å². The Morgan fingerprint density at radius 2 is 1.59 bits per heavy atom. The van der Waals surface area contributed by atoms with Gasteiger partial charge in [-0.05, 0) is 66.9 Å². The number of hydrogen-bond acceptors (Lipinski definition) is 3. The second-order valence-electron chi connectivity index (χ2n) is 7.08. The van der Waals surface area contributed by atoms with E-state index in [9.17, 15) is 17.2 Å². The summed E-state index contributed by atoms with van der Waals surface area (Å²) in [7, 11) is -3.74. The molecule has 2 heterocycles. The molecule has 4 nitrogen and oxygen atoms in total. The van der Waals surface area contributed by atoms with Crippen LogP contribution in [0.3, 0.4) is 0 Å². The van der Waals surface area contributed by atoms with E-state index in [0.717, 1.165) is 29.8 Å². The summed E-state index contributed by atoms with van der Waals surface area (Å²) in [5.74, 6) is -0.764. The number of pyridine rings is 1. The number of rotatable bonds is 5. The van der Waals surface area contributed by atoms with Crippen molar-refractivity contribution in [2.45, 2.75) is 30.2 Å². The predicted molar refractivity (Wildman–Crippen MR) is 106 cm³/mol. The average molecular weight is 414 g/mol. The van der Waals surface area contributed by atoms with Gasteiger partial charge in [0.05, 0.1) is 16.6 Å². The van der Waals surface area contributed by atoms with Crippen molar-refractivity contribution in [3.63, 3.8) is 0 Å². The summed E-state index contributed by atoms with van der Waals surface area (Å²) in [5, 5.41) is 0. The van der Waals surface area contributed by atoms with E-state index in [2.05, 4.69) is 4.98 Å². The third-order valence-electron chi connectivity index (χ3n) is 5.09. The van der Waals surface area contributed by atoms with Crippen LogP contribution in [0.15, 0.2) is 71.6 Å².